The molecule has 0 aromatic carbocycles. The summed E-state index contributed by atoms with van der Waals surface area (Å²) in [6.45, 7) is 8.74. The Morgan fingerprint density at radius 1 is 1.38 bits per heavy atom. The molecule has 4 atom stereocenters. The molecule has 94 valence electrons. The molecule has 0 heterocycles. The van der Waals surface area contributed by atoms with Gasteiger partial charge in [-0.05, 0) is 37.0 Å². The van der Waals surface area contributed by atoms with E-state index in [-0.39, 0.29) is 11.3 Å². The van der Waals surface area contributed by atoms with Crippen LogP contribution < -0.4 is 5.73 Å². The van der Waals surface area contributed by atoms with E-state index in [2.05, 4.69) is 27.7 Å². The molecule has 16 heavy (non-hydrogen) atoms. The second-order valence-corrected chi connectivity index (χ2v) is 5.69. The van der Waals surface area contributed by atoms with Crippen LogP contribution >= 0.6 is 0 Å². The van der Waals surface area contributed by atoms with E-state index in [9.17, 15) is 4.79 Å². The Morgan fingerprint density at radius 2 is 2.00 bits per heavy atom. The normalized spacial score (nSPS) is 39.6. The molecule has 0 saturated heterocycles. The number of amides is 1. The predicted octanol–water partition coefficient (Wildman–Crippen LogP) is 3.35. The van der Waals surface area contributed by atoms with Gasteiger partial charge in [-0.25, -0.2) is 0 Å². The number of rotatable bonds is 4. The van der Waals surface area contributed by atoms with Crippen LogP contribution in [0.25, 0.3) is 0 Å². The number of carbonyl (C=O) groups is 1. The molecular weight excluding hydrogens is 198 g/mol. The number of hydrogen-bond acceptors (Lipinski definition) is 1. The first-order chi connectivity index (χ1) is 7.48. The van der Waals surface area contributed by atoms with Crippen molar-refractivity contribution in [1.82, 2.24) is 0 Å². The summed E-state index contributed by atoms with van der Waals surface area (Å²) >= 11 is 0. The lowest BCUT2D eigenvalue weighted by Crippen LogP contribution is -2.50. The molecule has 2 nitrogen and oxygen atoms in total. The first-order valence-electron chi connectivity index (χ1n) is 6.78. The highest BCUT2D eigenvalue weighted by molar-refractivity contribution is 5.81. The van der Waals surface area contributed by atoms with Gasteiger partial charge in [-0.15, -0.1) is 0 Å². The van der Waals surface area contributed by atoms with Crippen LogP contribution in [0.5, 0.6) is 0 Å². The van der Waals surface area contributed by atoms with Gasteiger partial charge in [-0.1, -0.05) is 40.5 Å². The lowest BCUT2D eigenvalue weighted by atomic mass is 9.56. The predicted molar refractivity (Wildman–Crippen MR) is 67.9 cm³/mol. The molecule has 1 aliphatic carbocycles. The maximum atomic E-state index is 11.9. The number of primary amides is 1. The Labute approximate surface area is 100.0 Å². The second kappa shape index (κ2) is 5.20. The fourth-order valence-corrected chi connectivity index (χ4v) is 3.58. The fourth-order valence-electron chi connectivity index (χ4n) is 3.58. The molecule has 0 aromatic heterocycles. The molecule has 2 heteroatoms. The van der Waals surface area contributed by atoms with Gasteiger partial charge in [-0.3, -0.25) is 4.79 Å². The average Bonchev–Trinajstić information content (AvgIpc) is 2.25. The van der Waals surface area contributed by atoms with Crippen molar-refractivity contribution in [1.29, 1.82) is 0 Å². The molecule has 0 radical (unpaired) electrons. The van der Waals surface area contributed by atoms with Crippen LogP contribution in [0.3, 0.4) is 0 Å². The molecule has 1 unspecified atom stereocenters. The lowest BCUT2D eigenvalue weighted by Gasteiger charge is -2.48. The molecule has 1 rings (SSSR count). The molecule has 0 aromatic rings. The zero-order valence-corrected chi connectivity index (χ0v) is 11.3. The van der Waals surface area contributed by atoms with Crippen molar-refractivity contribution in [2.45, 2.75) is 59.8 Å². The van der Waals surface area contributed by atoms with Crippen molar-refractivity contribution in [2.75, 3.05) is 0 Å². The maximum Gasteiger partial charge on any atom is 0.223 e. The van der Waals surface area contributed by atoms with Crippen molar-refractivity contribution < 1.29 is 4.79 Å². The second-order valence-electron chi connectivity index (χ2n) is 5.69. The van der Waals surface area contributed by atoms with Crippen LogP contribution in [-0.4, -0.2) is 5.91 Å². The van der Waals surface area contributed by atoms with Crippen LogP contribution in [0.4, 0.5) is 0 Å². The van der Waals surface area contributed by atoms with E-state index in [0.29, 0.717) is 17.8 Å². The number of hydrogen-bond donors (Lipinski definition) is 1. The summed E-state index contributed by atoms with van der Waals surface area (Å²) in [6, 6.07) is 0. The lowest BCUT2D eigenvalue weighted by molar-refractivity contribution is -0.139. The van der Waals surface area contributed by atoms with Crippen molar-refractivity contribution >= 4 is 5.91 Å². The van der Waals surface area contributed by atoms with Gasteiger partial charge in [0.15, 0.2) is 0 Å². The summed E-state index contributed by atoms with van der Waals surface area (Å²) in [5.41, 5.74) is 5.41. The Bertz CT molecular complexity index is 251. The summed E-state index contributed by atoms with van der Waals surface area (Å²) in [5, 5.41) is 0. The van der Waals surface area contributed by atoms with Gasteiger partial charge in [0.05, 0.1) is 5.41 Å². The van der Waals surface area contributed by atoms with Crippen LogP contribution in [0.1, 0.15) is 59.8 Å². The van der Waals surface area contributed by atoms with Gasteiger partial charge in [0.1, 0.15) is 0 Å². The minimum Gasteiger partial charge on any atom is -0.369 e. The average molecular weight is 225 g/mol. The van der Waals surface area contributed by atoms with Crippen molar-refractivity contribution in [2.24, 2.45) is 28.9 Å². The van der Waals surface area contributed by atoms with E-state index in [1.54, 1.807) is 0 Å². The highest BCUT2D eigenvalue weighted by Crippen LogP contribution is 2.50. The van der Waals surface area contributed by atoms with Gasteiger partial charge in [0, 0.05) is 0 Å². The van der Waals surface area contributed by atoms with E-state index in [4.69, 9.17) is 5.73 Å². The van der Waals surface area contributed by atoms with Crippen LogP contribution in [0.15, 0.2) is 0 Å². The molecular formula is C14H27NO. The molecule has 1 amide bonds. The van der Waals surface area contributed by atoms with Gasteiger partial charge < -0.3 is 5.73 Å². The minimum absolute atomic E-state index is 0.0865. The topological polar surface area (TPSA) is 43.1 Å². The van der Waals surface area contributed by atoms with Crippen molar-refractivity contribution in [3.05, 3.63) is 0 Å². The largest absolute Gasteiger partial charge is 0.369 e. The van der Waals surface area contributed by atoms with Gasteiger partial charge in [0.25, 0.3) is 0 Å². The van der Waals surface area contributed by atoms with E-state index in [1.807, 2.05) is 0 Å². The van der Waals surface area contributed by atoms with E-state index in [1.165, 1.54) is 12.8 Å². The fraction of sp³-hybridized carbons (Fsp3) is 0.929. The Kier molecular flexibility index (Phi) is 4.40. The molecule has 2 N–H and O–H groups in total. The summed E-state index contributed by atoms with van der Waals surface area (Å²) in [6.07, 6.45) is 5.89. The zero-order valence-electron chi connectivity index (χ0n) is 11.3. The van der Waals surface area contributed by atoms with E-state index >= 15 is 0 Å². The zero-order chi connectivity index (χ0) is 12.3. The Morgan fingerprint density at radius 3 is 2.44 bits per heavy atom. The monoisotopic (exact) mass is 225 g/mol. The van der Waals surface area contributed by atoms with E-state index in [0.717, 1.165) is 19.3 Å². The van der Waals surface area contributed by atoms with Crippen LogP contribution in [0, 0.1) is 23.2 Å². The summed E-state index contributed by atoms with van der Waals surface area (Å²) < 4.78 is 0. The SMILES string of the molecule is CCC[C@H]1[C@H](CC)CCC(C)[C@@]1(C)C(N)=O. The molecule has 1 saturated carbocycles. The smallest absolute Gasteiger partial charge is 0.223 e. The van der Waals surface area contributed by atoms with Crippen LogP contribution in [0.2, 0.25) is 0 Å². The highest BCUT2D eigenvalue weighted by atomic mass is 16.1. The Hall–Kier alpha value is -0.530. The van der Waals surface area contributed by atoms with Crippen molar-refractivity contribution in [3.63, 3.8) is 0 Å². The summed E-state index contributed by atoms with van der Waals surface area (Å²) in [4.78, 5) is 11.9. The third-order valence-electron chi connectivity index (χ3n) is 4.99. The van der Waals surface area contributed by atoms with E-state index < -0.39 is 0 Å². The number of carbonyl (C=O) groups excluding carboxylic acids is 1. The van der Waals surface area contributed by atoms with Gasteiger partial charge in [-0.2, -0.15) is 0 Å². The molecule has 0 spiro atoms. The molecule has 0 bridgehead atoms. The molecule has 0 aliphatic heterocycles. The third-order valence-corrected chi connectivity index (χ3v) is 4.99. The quantitative estimate of drug-likeness (QED) is 0.783. The number of nitrogens with two attached hydrogens (primary N) is 1. The molecule has 1 fully saturated rings. The van der Waals surface area contributed by atoms with Gasteiger partial charge >= 0.3 is 0 Å². The van der Waals surface area contributed by atoms with Crippen molar-refractivity contribution in [3.8, 4) is 0 Å². The first-order valence-corrected chi connectivity index (χ1v) is 6.78. The third kappa shape index (κ3) is 2.11. The molecule has 1 aliphatic rings. The van der Waals surface area contributed by atoms with Gasteiger partial charge in [0.2, 0.25) is 5.91 Å². The van der Waals surface area contributed by atoms with Crippen LogP contribution in [-0.2, 0) is 4.79 Å². The standard InChI is InChI=1S/C14H27NO/c1-5-7-12-11(6-2)9-8-10(3)14(12,4)13(15)16/h10-12H,5-9H2,1-4H3,(H2,15,16)/t10?,11-,12+,14-/m1/s1. The highest BCUT2D eigenvalue weighted by Gasteiger charge is 2.49. The minimum atomic E-state index is -0.283. The summed E-state index contributed by atoms with van der Waals surface area (Å²) in [5.74, 6) is 1.53. The first kappa shape index (κ1) is 13.5. The Balaban J connectivity index is 3.00. The maximum absolute atomic E-state index is 11.9. The summed E-state index contributed by atoms with van der Waals surface area (Å²) in [7, 11) is 0.